The molecule has 0 amide bonds. The molecular weight excluding hydrogens is 753 g/mol. The maximum absolute atomic E-state index is 9.87. The lowest BCUT2D eigenvalue weighted by Gasteiger charge is -2.20. The third kappa shape index (κ3) is 70.8. The Kier molecular flexibility index (Phi) is 64.1. The summed E-state index contributed by atoms with van der Waals surface area (Å²) in [6.07, 6.45) is 50.6. The van der Waals surface area contributed by atoms with E-state index in [1.807, 2.05) is 6.92 Å². The van der Waals surface area contributed by atoms with Gasteiger partial charge in [-0.15, -0.1) is 0 Å². The molecular formula is C55H116N2O4. The molecule has 0 spiro atoms. The lowest BCUT2D eigenvalue weighted by atomic mass is 10.0. The minimum absolute atomic E-state index is 0.316. The van der Waals surface area contributed by atoms with Gasteiger partial charge < -0.3 is 20.8 Å². The Morgan fingerprint density at radius 2 is 0.475 bits per heavy atom. The van der Waals surface area contributed by atoms with E-state index >= 15 is 0 Å². The fraction of sp³-hybridized carbons (Fsp3) is 0.964. The zero-order valence-corrected chi connectivity index (χ0v) is 43.6. The molecule has 6 heteroatoms. The zero-order valence-electron chi connectivity index (χ0n) is 43.6. The van der Waals surface area contributed by atoms with E-state index in [-0.39, 0.29) is 0 Å². The van der Waals surface area contributed by atoms with Gasteiger partial charge in [0.15, 0.2) is 0 Å². The van der Waals surface area contributed by atoms with Gasteiger partial charge in [-0.25, -0.2) is 0 Å². The van der Waals surface area contributed by atoms with E-state index in [4.69, 9.17) is 10.2 Å². The summed E-state index contributed by atoms with van der Waals surface area (Å²) in [6, 6.07) is 2.80. The molecule has 0 aliphatic rings. The number of nitrogens with one attached hydrogen (secondary N) is 2. The van der Waals surface area contributed by atoms with E-state index in [2.05, 4.69) is 72.9 Å². The predicted octanol–water partition coefficient (Wildman–Crippen LogP) is 18.2. The molecule has 370 valence electrons. The van der Waals surface area contributed by atoms with E-state index in [9.17, 15) is 9.59 Å². The van der Waals surface area contributed by atoms with E-state index in [0.29, 0.717) is 37.0 Å². The van der Waals surface area contributed by atoms with Crippen LogP contribution in [0.2, 0.25) is 0 Å². The predicted molar refractivity (Wildman–Crippen MR) is 273 cm³/mol. The molecule has 0 saturated heterocycles. The van der Waals surface area contributed by atoms with E-state index < -0.39 is 11.9 Å². The summed E-state index contributed by atoms with van der Waals surface area (Å²) in [5.41, 5.74) is 0. The number of hydrogen-bond donors (Lipinski definition) is 4. The lowest BCUT2D eigenvalue weighted by Crippen LogP contribution is -2.34. The molecule has 4 atom stereocenters. The van der Waals surface area contributed by atoms with Crippen LogP contribution < -0.4 is 10.6 Å². The summed E-state index contributed by atoms with van der Waals surface area (Å²) in [4.78, 5) is 19.6. The van der Waals surface area contributed by atoms with Crippen molar-refractivity contribution in [3.8, 4) is 0 Å². The molecule has 61 heavy (non-hydrogen) atoms. The minimum Gasteiger partial charge on any atom is -0.481 e. The van der Waals surface area contributed by atoms with Crippen LogP contribution in [0, 0.1) is 0 Å². The van der Waals surface area contributed by atoms with E-state index in [0.717, 1.165) is 32.1 Å². The summed E-state index contributed by atoms with van der Waals surface area (Å²) in [6.45, 7) is 22.7. The van der Waals surface area contributed by atoms with Crippen LogP contribution >= 0.6 is 0 Å². The van der Waals surface area contributed by atoms with Crippen molar-refractivity contribution < 1.29 is 19.8 Å². The van der Waals surface area contributed by atoms with Crippen LogP contribution in [0.4, 0.5) is 0 Å². The van der Waals surface area contributed by atoms with Gasteiger partial charge in [0.25, 0.3) is 0 Å². The first-order chi connectivity index (χ1) is 29.4. The Morgan fingerprint density at radius 1 is 0.295 bits per heavy atom. The third-order valence-electron chi connectivity index (χ3n) is 11.8. The molecule has 0 saturated carbocycles. The quantitative estimate of drug-likeness (QED) is 0.0456. The highest BCUT2D eigenvalue weighted by Gasteiger charge is 2.08. The summed E-state index contributed by atoms with van der Waals surface area (Å²) in [7, 11) is 0. The van der Waals surface area contributed by atoms with Gasteiger partial charge in [0, 0.05) is 37.0 Å². The van der Waals surface area contributed by atoms with Crippen molar-refractivity contribution >= 4 is 11.9 Å². The number of carboxylic acid groups (broad SMARTS) is 2. The first-order valence-corrected chi connectivity index (χ1v) is 27.4. The maximum atomic E-state index is 9.87. The molecule has 0 heterocycles. The van der Waals surface area contributed by atoms with Gasteiger partial charge in [0.1, 0.15) is 0 Å². The van der Waals surface area contributed by atoms with Crippen LogP contribution in [0.3, 0.4) is 0 Å². The Bertz CT molecular complexity index is 719. The van der Waals surface area contributed by atoms with Crippen LogP contribution in [0.15, 0.2) is 0 Å². The van der Waals surface area contributed by atoms with Gasteiger partial charge in [-0.3, -0.25) is 9.59 Å². The number of rotatable bonds is 43. The van der Waals surface area contributed by atoms with Gasteiger partial charge >= 0.3 is 11.9 Å². The van der Waals surface area contributed by atoms with Gasteiger partial charge in [0.2, 0.25) is 0 Å². The van der Waals surface area contributed by atoms with Gasteiger partial charge in [-0.2, -0.15) is 0 Å². The standard InChI is InChI=1S/2C22H47N.C6H12O2.C5H10O2/c2*1-5-7-9-11-13-15-17-19-21(3)23-22(4)20-18-16-14-12-10-8-6-2;1-2-3-4-5-6(7)8;1-2-3-4-5(6)7/h2*21-23H,5-20H2,1-4H3;2-5H2,1H3,(H,7,8);2-4H2,1H3,(H,6,7). The lowest BCUT2D eigenvalue weighted by molar-refractivity contribution is -0.138. The highest BCUT2D eigenvalue weighted by Crippen LogP contribution is 2.14. The van der Waals surface area contributed by atoms with Crippen molar-refractivity contribution in [2.75, 3.05) is 0 Å². The van der Waals surface area contributed by atoms with Crippen molar-refractivity contribution in [2.45, 2.75) is 344 Å². The molecule has 0 aromatic heterocycles. The van der Waals surface area contributed by atoms with E-state index in [1.165, 1.54) is 205 Å². The van der Waals surface area contributed by atoms with Crippen LogP contribution in [-0.2, 0) is 9.59 Å². The normalized spacial score (nSPS) is 12.8. The number of aliphatic carboxylic acids is 2. The Morgan fingerprint density at radius 3 is 0.672 bits per heavy atom. The third-order valence-corrected chi connectivity index (χ3v) is 11.8. The molecule has 6 nitrogen and oxygen atoms in total. The molecule has 0 aromatic carbocycles. The number of carboxylic acids is 2. The largest absolute Gasteiger partial charge is 0.481 e. The summed E-state index contributed by atoms with van der Waals surface area (Å²) < 4.78 is 0. The van der Waals surface area contributed by atoms with Gasteiger partial charge in [-0.05, 0) is 66.2 Å². The average molecular weight is 870 g/mol. The smallest absolute Gasteiger partial charge is 0.303 e. The highest BCUT2D eigenvalue weighted by atomic mass is 16.4. The monoisotopic (exact) mass is 869 g/mol. The molecule has 0 rings (SSSR count). The molecule has 0 fully saturated rings. The SMILES string of the molecule is CCCCC(=O)O.CCCCCC(=O)O.CCCCCCCCCC(C)NC(C)CCCCCCCCC.CCCCCCCCCC(C)NC(C)CCCCCCCCC. The minimum atomic E-state index is -0.693. The first-order valence-electron chi connectivity index (χ1n) is 27.4. The summed E-state index contributed by atoms with van der Waals surface area (Å²) in [5.74, 6) is -1.37. The highest BCUT2D eigenvalue weighted by molar-refractivity contribution is 5.66. The van der Waals surface area contributed by atoms with Crippen molar-refractivity contribution in [2.24, 2.45) is 0 Å². The van der Waals surface area contributed by atoms with Crippen LogP contribution in [-0.4, -0.2) is 46.3 Å². The fourth-order valence-corrected chi connectivity index (χ4v) is 7.79. The molecule has 4 N–H and O–H groups in total. The van der Waals surface area contributed by atoms with Crippen molar-refractivity contribution in [3.05, 3.63) is 0 Å². The second-order valence-corrected chi connectivity index (χ2v) is 18.9. The summed E-state index contributed by atoms with van der Waals surface area (Å²) >= 11 is 0. The fourth-order valence-electron chi connectivity index (χ4n) is 7.79. The topological polar surface area (TPSA) is 98.7 Å². The van der Waals surface area contributed by atoms with Crippen molar-refractivity contribution in [1.29, 1.82) is 0 Å². The van der Waals surface area contributed by atoms with Crippen LogP contribution in [0.25, 0.3) is 0 Å². The van der Waals surface area contributed by atoms with Crippen molar-refractivity contribution in [1.82, 2.24) is 10.6 Å². The molecule has 0 aromatic rings. The van der Waals surface area contributed by atoms with Crippen LogP contribution in [0.5, 0.6) is 0 Å². The molecule has 0 aliphatic carbocycles. The molecule has 0 aliphatic heterocycles. The maximum Gasteiger partial charge on any atom is 0.303 e. The van der Waals surface area contributed by atoms with Crippen LogP contribution in [0.1, 0.15) is 320 Å². The number of unbranched alkanes of at least 4 members (excludes halogenated alkanes) is 27. The zero-order chi connectivity index (χ0) is 46.5. The van der Waals surface area contributed by atoms with Gasteiger partial charge in [-0.1, -0.05) is 241 Å². The molecule has 0 bridgehead atoms. The average Bonchev–Trinajstić information content (AvgIpc) is 3.22. The first kappa shape index (κ1) is 66.5. The Balaban J connectivity index is -0.000000399. The number of hydrogen-bond acceptors (Lipinski definition) is 4. The Hall–Kier alpha value is -1.14. The molecule has 0 radical (unpaired) electrons. The van der Waals surface area contributed by atoms with E-state index in [1.54, 1.807) is 0 Å². The van der Waals surface area contributed by atoms with Crippen molar-refractivity contribution in [3.63, 3.8) is 0 Å². The summed E-state index contributed by atoms with van der Waals surface area (Å²) in [5, 5.41) is 23.8. The molecule has 4 unspecified atom stereocenters. The van der Waals surface area contributed by atoms with Gasteiger partial charge in [0.05, 0.1) is 0 Å². The second kappa shape index (κ2) is 58.9. The second-order valence-electron chi connectivity index (χ2n) is 18.9. The Labute approximate surface area is 384 Å². The number of carbonyl (C=O) groups is 2.